The number of benzene rings is 8. The Morgan fingerprint density at radius 2 is 0.575 bits per heavy atom. The molecule has 8 aromatic carbocycles. The summed E-state index contributed by atoms with van der Waals surface area (Å²) in [6, 6.07) is 61.6. The van der Waals surface area contributed by atoms with Gasteiger partial charge in [0.05, 0.1) is 44.5 Å². The minimum absolute atomic E-state index is 0.00940. The predicted molar refractivity (Wildman–Crippen MR) is 306 cm³/mol. The number of esters is 8. The van der Waals surface area contributed by atoms with Crippen LogP contribution in [0, 0.1) is 0 Å². The molecule has 2 saturated heterocycles. The van der Waals surface area contributed by atoms with E-state index in [2.05, 4.69) is 0 Å². The Bertz CT molecular complexity index is 3640. The number of ether oxygens (including phenoxy) is 11. The van der Waals surface area contributed by atoms with Gasteiger partial charge in [-0.25, -0.2) is 38.4 Å². The quantitative estimate of drug-likeness (QED) is 0.0480. The van der Waals surface area contributed by atoms with Crippen LogP contribution in [0.25, 0.3) is 0 Å². The van der Waals surface area contributed by atoms with E-state index in [9.17, 15) is 38.4 Å². The highest BCUT2D eigenvalue weighted by Crippen LogP contribution is 2.43. The van der Waals surface area contributed by atoms with Crippen molar-refractivity contribution in [3.8, 4) is 0 Å². The Kier molecular flexibility index (Phi) is 19.4. The van der Waals surface area contributed by atoms with Crippen LogP contribution in [-0.4, -0.2) is 122 Å². The van der Waals surface area contributed by atoms with Crippen LogP contribution < -0.4 is 0 Å². The van der Waals surface area contributed by atoms with Crippen LogP contribution in [0.1, 0.15) is 82.9 Å². The van der Waals surface area contributed by atoms with Crippen molar-refractivity contribution in [2.24, 2.45) is 0 Å². The average Bonchev–Trinajstić information content (AvgIpc) is 2.31. The monoisotopic (exact) mass is 1170 g/mol. The lowest BCUT2D eigenvalue weighted by atomic mass is 9.97. The molecular formula is C68H54O19. The van der Waals surface area contributed by atoms with E-state index in [1.807, 2.05) is 0 Å². The van der Waals surface area contributed by atoms with E-state index in [4.69, 9.17) is 52.1 Å². The number of rotatable bonds is 21. The van der Waals surface area contributed by atoms with Crippen molar-refractivity contribution in [1.29, 1.82) is 0 Å². The molecule has 2 aliphatic heterocycles. The molecule has 87 heavy (non-hydrogen) atoms. The fourth-order valence-electron chi connectivity index (χ4n) is 9.49. The van der Waals surface area contributed by atoms with Gasteiger partial charge in [-0.2, -0.15) is 0 Å². The van der Waals surface area contributed by atoms with Crippen molar-refractivity contribution < 1.29 is 90.5 Å². The van der Waals surface area contributed by atoms with Crippen molar-refractivity contribution in [1.82, 2.24) is 0 Å². The highest BCUT2D eigenvalue weighted by Gasteiger charge is 2.65. The minimum atomic E-state index is -2.85. The third-order valence-electron chi connectivity index (χ3n) is 13.8. The van der Waals surface area contributed by atoms with Crippen LogP contribution in [0.3, 0.4) is 0 Å². The lowest BCUT2D eigenvalue weighted by molar-refractivity contribution is -0.380. The van der Waals surface area contributed by atoms with Crippen LogP contribution >= 0.6 is 0 Å². The summed E-state index contributed by atoms with van der Waals surface area (Å²) in [5, 5.41) is 0. The number of hydrogen-bond acceptors (Lipinski definition) is 19. The molecule has 2 fully saturated rings. The molecule has 0 spiro atoms. The maximum Gasteiger partial charge on any atom is 0.338 e. The normalized spacial score (nSPS) is 21.1. The largest absolute Gasteiger partial charge is 0.459 e. The third-order valence-corrected chi connectivity index (χ3v) is 13.8. The summed E-state index contributed by atoms with van der Waals surface area (Å²) in [5.74, 6) is -10.8. The zero-order chi connectivity index (χ0) is 60.5. The maximum absolute atomic E-state index is 14.7. The molecule has 0 unspecified atom stereocenters. The van der Waals surface area contributed by atoms with Crippen molar-refractivity contribution in [3.63, 3.8) is 0 Å². The Hall–Kier alpha value is -10.6. The second-order valence-electron chi connectivity index (χ2n) is 19.6. The van der Waals surface area contributed by atoms with Crippen LogP contribution in [-0.2, 0) is 52.1 Å². The van der Waals surface area contributed by atoms with Crippen molar-refractivity contribution in [2.45, 2.75) is 54.8 Å². The average molecular weight is 1180 g/mol. The molecule has 19 heteroatoms. The van der Waals surface area contributed by atoms with E-state index < -0.39 is 122 Å². The summed E-state index contributed by atoms with van der Waals surface area (Å²) in [5.41, 5.74) is 0.125. The molecule has 0 radical (unpaired) electrons. The number of carbonyl (C=O) groups excluding carboxylic acids is 8. The molecule has 8 aromatic rings. The van der Waals surface area contributed by atoms with Gasteiger partial charge in [0.1, 0.15) is 32.0 Å². The molecule has 2 heterocycles. The number of hydrogen-bond donors (Lipinski definition) is 0. The molecule has 0 saturated carbocycles. The molecule has 2 aliphatic rings. The molecule has 0 N–H and O–H groups in total. The van der Waals surface area contributed by atoms with Crippen LogP contribution in [0.5, 0.6) is 0 Å². The Morgan fingerprint density at radius 1 is 0.299 bits per heavy atom. The maximum atomic E-state index is 14.7. The van der Waals surface area contributed by atoms with Gasteiger partial charge in [-0.05, 0) is 97.1 Å². The lowest BCUT2D eigenvalue weighted by Crippen LogP contribution is -2.66. The second kappa shape index (κ2) is 28.3. The number of carbonyl (C=O) groups is 8. The Morgan fingerprint density at radius 3 is 0.931 bits per heavy atom. The summed E-state index contributed by atoms with van der Waals surface area (Å²) in [7, 11) is 0. The van der Waals surface area contributed by atoms with Gasteiger partial charge < -0.3 is 52.1 Å². The summed E-state index contributed by atoms with van der Waals surface area (Å²) in [6.45, 7) is -2.69. The fraction of sp³-hybridized carbons (Fsp3) is 0.176. The SMILES string of the molecule is O=C(OC[C@H]1O[C@](COC(=O)c2ccccc2)(O[C@@H]2O[C@H](COC(=O)c3ccccc3)[C@@H](OC(=O)c3ccccc3)[C@H](OC(=O)c3ccccc3)[C@H]2OC(=O)c2ccccc2)[C@@H](OC(=O)c2ccccc2)[C@@H]1OC(=O)c1ccccc1)c1ccccc1. The summed E-state index contributed by atoms with van der Waals surface area (Å²) < 4.78 is 70.1. The smallest absolute Gasteiger partial charge is 0.338 e. The zero-order valence-electron chi connectivity index (χ0n) is 46.1. The molecule has 0 aliphatic carbocycles. The molecule has 0 aromatic heterocycles. The first kappa shape index (κ1) is 59.6. The van der Waals surface area contributed by atoms with Gasteiger partial charge in [0, 0.05) is 0 Å². The Labute approximate surface area is 498 Å². The predicted octanol–water partition coefficient (Wildman–Crippen LogP) is 9.52. The van der Waals surface area contributed by atoms with E-state index >= 15 is 0 Å². The van der Waals surface area contributed by atoms with E-state index in [0.29, 0.717) is 0 Å². The molecule has 9 atom stereocenters. The Balaban J connectivity index is 1.16. The molecule has 440 valence electrons. The molecule has 19 nitrogen and oxygen atoms in total. The van der Waals surface area contributed by atoms with Crippen LogP contribution in [0.15, 0.2) is 243 Å². The highest BCUT2D eigenvalue weighted by molar-refractivity contribution is 5.93. The summed E-state index contributed by atoms with van der Waals surface area (Å²) in [6.07, 6.45) is -15.7. The van der Waals surface area contributed by atoms with Crippen molar-refractivity contribution in [2.75, 3.05) is 19.8 Å². The lowest BCUT2D eigenvalue weighted by Gasteiger charge is -2.46. The van der Waals surface area contributed by atoms with E-state index in [0.717, 1.165) is 0 Å². The molecular weight excluding hydrogens is 1120 g/mol. The third kappa shape index (κ3) is 14.8. The standard InChI is InChI=1S/C68H54O19/c69-59(44-25-9-1-10-26-44)77-41-52-54(81-62(72)47-31-15-4-16-32-47)56(83-64(74)49-35-19-6-20-36-49)57(84-65(75)50-37-21-7-22-38-50)67(80-52)87-68(43-79-61(71)46-29-13-3-14-30-46)58(85-66(76)51-39-23-8-24-40-51)55(82-63(73)48-33-17-5-18-34-48)53(86-68)42-78-60(70)45-27-11-2-12-28-45/h1-40,52-58,67H,41-43H2/t52-,53-,54-,55-,56+,57-,58+,67+,68-/m1/s1. The topological polar surface area (TPSA) is 238 Å². The van der Waals surface area contributed by atoms with Crippen LogP contribution in [0.4, 0.5) is 0 Å². The van der Waals surface area contributed by atoms with Gasteiger partial charge in [-0.1, -0.05) is 146 Å². The van der Waals surface area contributed by atoms with Gasteiger partial charge in [-0.15, -0.1) is 0 Å². The first-order valence-electron chi connectivity index (χ1n) is 27.4. The van der Waals surface area contributed by atoms with E-state index in [1.54, 1.807) is 146 Å². The van der Waals surface area contributed by atoms with Gasteiger partial charge in [-0.3, -0.25) is 0 Å². The fourth-order valence-corrected chi connectivity index (χ4v) is 9.49. The highest BCUT2D eigenvalue weighted by atomic mass is 16.8. The van der Waals surface area contributed by atoms with Gasteiger partial charge in [0.25, 0.3) is 0 Å². The van der Waals surface area contributed by atoms with Gasteiger partial charge in [0.2, 0.25) is 12.1 Å². The van der Waals surface area contributed by atoms with Crippen molar-refractivity contribution >= 4 is 47.8 Å². The van der Waals surface area contributed by atoms with E-state index in [-0.39, 0.29) is 44.5 Å². The van der Waals surface area contributed by atoms with Crippen LogP contribution in [0.2, 0.25) is 0 Å². The summed E-state index contributed by atoms with van der Waals surface area (Å²) in [4.78, 5) is 115. The zero-order valence-corrected chi connectivity index (χ0v) is 46.1. The molecule has 10 rings (SSSR count). The van der Waals surface area contributed by atoms with E-state index in [1.165, 1.54) is 97.1 Å². The van der Waals surface area contributed by atoms with Gasteiger partial charge >= 0.3 is 47.8 Å². The van der Waals surface area contributed by atoms with Crippen molar-refractivity contribution in [3.05, 3.63) is 287 Å². The molecule has 0 amide bonds. The minimum Gasteiger partial charge on any atom is -0.459 e. The summed E-state index contributed by atoms with van der Waals surface area (Å²) >= 11 is 0. The second-order valence-corrected chi connectivity index (χ2v) is 19.6. The first-order chi connectivity index (χ1) is 42.4. The van der Waals surface area contributed by atoms with Gasteiger partial charge in [0.15, 0.2) is 30.5 Å². The first-order valence-corrected chi connectivity index (χ1v) is 27.4. The molecule has 0 bridgehead atoms.